The number of aryl methyl sites for hydroxylation is 1. The van der Waals surface area contributed by atoms with Crippen molar-refractivity contribution < 1.29 is 0 Å². The van der Waals surface area contributed by atoms with E-state index in [-0.39, 0.29) is 0 Å². The molecule has 2 aromatic rings. The third-order valence-corrected chi connectivity index (χ3v) is 2.45. The van der Waals surface area contributed by atoms with Crippen LogP contribution in [-0.4, -0.2) is 4.98 Å². The molecule has 0 saturated carbocycles. The number of hydrogen-bond acceptors (Lipinski definition) is 1. The van der Waals surface area contributed by atoms with Gasteiger partial charge in [0.15, 0.2) is 0 Å². The second kappa shape index (κ2) is 2.76. The SMILES string of the molecule is Cc1ccc2ccncc2c1Cl. The summed E-state index contributed by atoms with van der Waals surface area (Å²) in [5.74, 6) is 0. The minimum absolute atomic E-state index is 0.806. The fourth-order valence-electron chi connectivity index (χ4n) is 1.23. The molecule has 0 unspecified atom stereocenters. The van der Waals surface area contributed by atoms with Crippen LogP contribution in [0.5, 0.6) is 0 Å². The minimum Gasteiger partial charge on any atom is -0.264 e. The van der Waals surface area contributed by atoms with Crippen molar-refractivity contribution >= 4 is 22.4 Å². The molecule has 0 radical (unpaired) electrons. The molecule has 0 saturated heterocycles. The molecule has 0 N–H and O–H groups in total. The summed E-state index contributed by atoms with van der Waals surface area (Å²) in [4.78, 5) is 4.03. The van der Waals surface area contributed by atoms with Crippen LogP contribution in [-0.2, 0) is 0 Å². The van der Waals surface area contributed by atoms with Gasteiger partial charge in [0.2, 0.25) is 0 Å². The Kier molecular flexibility index (Phi) is 1.74. The Morgan fingerprint density at radius 2 is 2.08 bits per heavy atom. The van der Waals surface area contributed by atoms with Crippen LogP contribution in [0.1, 0.15) is 5.56 Å². The van der Waals surface area contributed by atoms with E-state index in [2.05, 4.69) is 11.1 Å². The molecule has 0 bridgehead atoms. The molecule has 0 aliphatic carbocycles. The normalized spacial score (nSPS) is 10.5. The van der Waals surface area contributed by atoms with Crippen molar-refractivity contribution in [2.45, 2.75) is 6.92 Å². The smallest absolute Gasteiger partial charge is 0.0529 e. The lowest BCUT2D eigenvalue weighted by molar-refractivity contribution is 1.36. The Morgan fingerprint density at radius 3 is 2.92 bits per heavy atom. The molecule has 12 heavy (non-hydrogen) atoms. The summed E-state index contributed by atoms with van der Waals surface area (Å²) in [6.45, 7) is 1.99. The van der Waals surface area contributed by atoms with E-state index in [1.165, 1.54) is 0 Å². The zero-order valence-electron chi connectivity index (χ0n) is 6.71. The average Bonchev–Trinajstić information content (AvgIpc) is 2.12. The first-order chi connectivity index (χ1) is 5.79. The zero-order valence-corrected chi connectivity index (χ0v) is 7.47. The number of hydrogen-bond donors (Lipinski definition) is 0. The number of nitrogens with zero attached hydrogens (tertiary/aromatic N) is 1. The van der Waals surface area contributed by atoms with Gasteiger partial charge in [-0.1, -0.05) is 23.7 Å². The van der Waals surface area contributed by atoms with Crippen molar-refractivity contribution in [3.8, 4) is 0 Å². The van der Waals surface area contributed by atoms with Gasteiger partial charge in [0.1, 0.15) is 0 Å². The second-order valence-electron chi connectivity index (χ2n) is 2.79. The highest BCUT2D eigenvalue weighted by Crippen LogP contribution is 2.25. The summed E-state index contributed by atoms with van der Waals surface area (Å²) < 4.78 is 0. The molecule has 0 fully saturated rings. The van der Waals surface area contributed by atoms with Crippen LogP contribution >= 0.6 is 11.6 Å². The summed E-state index contributed by atoms with van der Waals surface area (Å²) in [5.41, 5.74) is 1.09. The van der Waals surface area contributed by atoms with Crippen LogP contribution in [0, 0.1) is 6.92 Å². The molecule has 1 heterocycles. The number of pyridine rings is 1. The molecule has 0 atom stereocenters. The van der Waals surface area contributed by atoms with Crippen LogP contribution < -0.4 is 0 Å². The number of rotatable bonds is 0. The molecule has 0 spiro atoms. The molecule has 1 aromatic heterocycles. The zero-order chi connectivity index (χ0) is 8.55. The van der Waals surface area contributed by atoms with E-state index in [0.29, 0.717) is 0 Å². The Morgan fingerprint density at radius 1 is 1.25 bits per heavy atom. The Hall–Kier alpha value is -1.08. The lowest BCUT2D eigenvalue weighted by Gasteiger charge is -2.01. The van der Waals surface area contributed by atoms with Crippen molar-refractivity contribution in [1.29, 1.82) is 0 Å². The summed E-state index contributed by atoms with van der Waals surface area (Å²) in [7, 11) is 0. The van der Waals surface area contributed by atoms with Crippen molar-refractivity contribution in [2.75, 3.05) is 0 Å². The van der Waals surface area contributed by atoms with E-state index in [0.717, 1.165) is 21.4 Å². The van der Waals surface area contributed by atoms with Crippen molar-refractivity contribution in [1.82, 2.24) is 4.98 Å². The van der Waals surface area contributed by atoms with Gasteiger partial charge < -0.3 is 0 Å². The molecule has 2 heteroatoms. The van der Waals surface area contributed by atoms with Crippen LogP contribution in [0.15, 0.2) is 30.6 Å². The number of benzene rings is 1. The molecule has 0 amide bonds. The summed E-state index contributed by atoms with van der Waals surface area (Å²) in [6, 6.07) is 6.03. The highest BCUT2D eigenvalue weighted by atomic mass is 35.5. The lowest BCUT2D eigenvalue weighted by Crippen LogP contribution is -1.79. The van der Waals surface area contributed by atoms with Crippen molar-refractivity contribution in [3.63, 3.8) is 0 Å². The van der Waals surface area contributed by atoms with E-state index in [1.807, 2.05) is 19.1 Å². The van der Waals surface area contributed by atoms with Crippen LogP contribution in [0.4, 0.5) is 0 Å². The standard InChI is InChI=1S/C10H8ClN/c1-7-2-3-8-4-5-12-6-9(8)10(7)11/h2-6H,1H3. The summed E-state index contributed by atoms with van der Waals surface area (Å²) in [5, 5.41) is 2.97. The topological polar surface area (TPSA) is 12.9 Å². The quantitative estimate of drug-likeness (QED) is 0.602. The first kappa shape index (κ1) is 7.56. The van der Waals surface area contributed by atoms with Crippen molar-refractivity contribution in [2.24, 2.45) is 0 Å². The molecule has 60 valence electrons. The van der Waals surface area contributed by atoms with E-state index >= 15 is 0 Å². The minimum atomic E-state index is 0.806. The molecule has 2 rings (SSSR count). The molecule has 0 aliphatic heterocycles. The monoisotopic (exact) mass is 177 g/mol. The van der Waals surface area contributed by atoms with E-state index in [4.69, 9.17) is 11.6 Å². The summed E-state index contributed by atoms with van der Waals surface area (Å²) >= 11 is 6.09. The molecule has 0 aliphatic rings. The van der Waals surface area contributed by atoms with Gasteiger partial charge in [0, 0.05) is 17.8 Å². The van der Waals surface area contributed by atoms with Crippen LogP contribution in [0.25, 0.3) is 10.8 Å². The largest absolute Gasteiger partial charge is 0.264 e. The van der Waals surface area contributed by atoms with E-state index in [1.54, 1.807) is 12.4 Å². The second-order valence-corrected chi connectivity index (χ2v) is 3.17. The first-order valence-corrected chi connectivity index (χ1v) is 4.15. The van der Waals surface area contributed by atoms with Gasteiger partial charge in [-0.2, -0.15) is 0 Å². The van der Waals surface area contributed by atoms with Gasteiger partial charge in [0.25, 0.3) is 0 Å². The number of halogens is 1. The third-order valence-electron chi connectivity index (χ3n) is 1.95. The van der Waals surface area contributed by atoms with Gasteiger partial charge in [-0.3, -0.25) is 4.98 Å². The van der Waals surface area contributed by atoms with E-state index in [9.17, 15) is 0 Å². The van der Waals surface area contributed by atoms with Crippen molar-refractivity contribution in [3.05, 3.63) is 41.2 Å². The molecule has 1 nitrogen and oxygen atoms in total. The first-order valence-electron chi connectivity index (χ1n) is 3.78. The fraction of sp³-hybridized carbons (Fsp3) is 0.100. The Balaban J connectivity index is 2.91. The predicted molar refractivity (Wildman–Crippen MR) is 51.5 cm³/mol. The van der Waals surface area contributed by atoms with Crippen LogP contribution in [0.2, 0.25) is 5.02 Å². The maximum atomic E-state index is 6.09. The van der Waals surface area contributed by atoms with Gasteiger partial charge in [-0.15, -0.1) is 0 Å². The Bertz CT molecular complexity index is 423. The van der Waals surface area contributed by atoms with Gasteiger partial charge in [0.05, 0.1) is 5.02 Å². The number of fused-ring (bicyclic) bond motifs is 1. The maximum Gasteiger partial charge on any atom is 0.0529 e. The highest BCUT2D eigenvalue weighted by molar-refractivity contribution is 6.36. The fourth-order valence-corrected chi connectivity index (χ4v) is 1.46. The summed E-state index contributed by atoms with van der Waals surface area (Å²) in [6.07, 6.45) is 3.57. The Labute approximate surface area is 76.0 Å². The maximum absolute atomic E-state index is 6.09. The highest BCUT2D eigenvalue weighted by Gasteiger charge is 2.00. The predicted octanol–water partition coefficient (Wildman–Crippen LogP) is 3.20. The molecular weight excluding hydrogens is 170 g/mol. The lowest BCUT2D eigenvalue weighted by atomic mass is 10.1. The number of aromatic nitrogens is 1. The van der Waals surface area contributed by atoms with E-state index < -0.39 is 0 Å². The van der Waals surface area contributed by atoms with Gasteiger partial charge >= 0.3 is 0 Å². The van der Waals surface area contributed by atoms with Gasteiger partial charge in [-0.05, 0) is 23.9 Å². The average molecular weight is 178 g/mol. The van der Waals surface area contributed by atoms with Gasteiger partial charge in [-0.25, -0.2) is 0 Å². The third kappa shape index (κ3) is 1.07. The molecule has 1 aromatic carbocycles. The van der Waals surface area contributed by atoms with Crippen LogP contribution in [0.3, 0.4) is 0 Å². The molecular formula is C10H8ClN.